The highest BCUT2D eigenvalue weighted by Crippen LogP contribution is 2.31. The summed E-state index contributed by atoms with van der Waals surface area (Å²) in [6.45, 7) is 0. The lowest BCUT2D eigenvalue weighted by molar-refractivity contribution is 0.187. The van der Waals surface area contributed by atoms with Crippen LogP contribution in [0.2, 0.25) is 0 Å². The summed E-state index contributed by atoms with van der Waals surface area (Å²) < 4.78 is 4.64. The maximum Gasteiger partial charge on any atom is 0.411 e. The normalized spacial score (nSPS) is 11.5. The standard InChI is InChI=1S/C27H24N2O3/c1-32-27(31)29-23-12-10-20(11-13-23)21-8-5-9-22(17-21)25(16-19-6-3-2-4-7-19)26-15-14-24(30)18-28-26/h2-15,17-18,25,30H,16H2,1H3,(H,29,31). The number of pyridine rings is 1. The molecule has 4 rings (SSSR count). The number of amides is 1. The summed E-state index contributed by atoms with van der Waals surface area (Å²) in [6.07, 6.45) is 1.79. The quantitative estimate of drug-likeness (QED) is 0.398. The van der Waals surface area contributed by atoms with Crippen LogP contribution in [0.5, 0.6) is 5.75 Å². The first-order valence-electron chi connectivity index (χ1n) is 10.4. The molecule has 0 aliphatic rings. The average molecular weight is 425 g/mol. The van der Waals surface area contributed by atoms with E-state index in [-0.39, 0.29) is 11.7 Å². The highest BCUT2D eigenvalue weighted by Gasteiger charge is 2.17. The Morgan fingerprint density at radius 3 is 2.41 bits per heavy atom. The third-order valence-electron chi connectivity index (χ3n) is 5.35. The first-order chi connectivity index (χ1) is 15.6. The lowest BCUT2D eigenvalue weighted by Gasteiger charge is -2.18. The number of hydrogen-bond acceptors (Lipinski definition) is 4. The van der Waals surface area contributed by atoms with Gasteiger partial charge in [-0.3, -0.25) is 10.3 Å². The second-order valence-corrected chi connectivity index (χ2v) is 7.50. The zero-order valence-electron chi connectivity index (χ0n) is 17.7. The van der Waals surface area contributed by atoms with Crippen molar-refractivity contribution in [3.8, 4) is 16.9 Å². The van der Waals surface area contributed by atoms with Gasteiger partial charge in [0.15, 0.2) is 0 Å². The van der Waals surface area contributed by atoms with Crippen molar-refractivity contribution in [3.05, 3.63) is 114 Å². The van der Waals surface area contributed by atoms with Crippen LogP contribution in [-0.2, 0) is 11.2 Å². The van der Waals surface area contributed by atoms with E-state index in [1.807, 2.05) is 54.6 Å². The molecule has 0 fully saturated rings. The van der Waals surface area contributed by atoms with Crippen LogP contribution in [0.1, 0.15) is 22.7 Å². The van der Waals surface area contributed by atoms with Gasteiger partial charge in [0.2, 0.25) is 0 Å². The summed E-state index contributed by atoms with van der Waals surface area (Å²) in [7, 11) is 1.34. The van der Waals surface area contributed by atoms with Gasteiger partial charge in [0.25, 0.3) is 0 Å². The van der Waals surface area contributed by atoms with Crippen LogP contribution in [0.4, 0.5) is 10.5 Å². The van der Waals surface area contributed by atoms with E-state index in [1.54, 1.807) is 6.07 Å². The molecule has 1 heterocycles. The first-order valence-corrected chi connectivity index (χ1v) is 10.4. The molecule has 1 aromatic heterocycles. The predicted molar refractivity (Wildman–Crippen MR) is 126 cm³/mol. The molecule has 0 saturated carbocycles. The Hall–Kier alpha value is -4.12. The summed E-state index contributed by atoms with van der Waals surface area (Å²) in [6, 6.07) is 29.9. The average Bonchev–Trinajstić information content (AvgIpc) is 2.84. The van der Waals surface area contributed by atoms with Crippen molar-refractivity contribution < 1.29 is 14.6 Å². The number of hydrogen-bond donors (Lipinski definition) is 2. The molecule has 0 saturated heterocycles. The van der Waals surface area contributed by atoms with Crippen molar-refractivity contribution in [2.75, 3.05) is 12.4 Å². The SMILES string of the molecule is COC(=O)Nc1ccc(-c2cccc(C(Cc3ccccc3)c3ccc(O)cn3)c2)cc1. The highest BCUT2D eigenvalue weighted by atomic mass is 16.5. The number of ether oxygens (including phenoxy) is 1. The molecular formula is C27H24N2O3. The number of carbonyl (C=O) groups is 1. The molecule has 3 aromatic carbocycles. The molecule has 5 heteroatoms. The number of carbonyl (C=O) groups excluding carboxylic acids is 1. The Labute approximate surface area is 187 Å². The monoisotopic (exact) mass is 424 g/mol. The van der Waals surface area contributed by atoms with Crippen molar-refractivity contribution in [2.24, 2.45) is 0 Å². The minimum absolute atomic E-state index is 0.0400. The number of nitrogens with zero attached hydrogens (tertiary/aromatic N) is 1. The number of benzene rings is 3. The number of rotatable bonds is 6. The van der Waals surface area contributed by atoms with Gasteiger partial charge in [0, 0.05) is 17.3 Å². The molecule has 4 aromatic rings. The number of aromatic nitrogens is 1. The minimum atomic E-state index is -0.495. The van der Waals surface area contributed by atoms with Crippen LogP contribution >= 0.6 is 0 Å². The highest BCUT2D eigenvalue weighted by molar-refractivity contribution is 5.85. The van der Waals surface area contributed by atoms with Gasteiger partial charge < -0.3 is 9.84 Å². The molecule has 0 radical (unpaired) electrons. The van der Waals surface area contributed by atoms with E-state index in [1.165, 1.54) is 18.9 Å². The summed E-state index contributed by atoms with van der Waals surface area (Å²) in [5, 5.41) is 12.4. The molecule has 1 atom stereocenters. The molecule has 1 amide bonds. The molecule has 0 aliphatic carbocycles. The van der Waals surface area contributed by atoms with Crippen LogP contribution in [0.3, 0.4) is 0 Å². The van der Waals surface area contributed by atoms with E-state index in [9.17, 15) is 9.90 Å². The second-order valence-electron chi connectivity index (χ2n) is 7.50. The van der Waals surface area contributed by atoms with Crippen LogP contribution in [0.15, 0.2) is 97.2 Å². The third kappa shape index (κ3) is 5.13. The van der Waals surface area contributed by atoms with Gasteiger partial charge in [-0.2, -0.15) is 0 Å². The van der Waals surface area contributed by atoms with Gasteiger partial charge in [0.1, 0.15) is 5.75 Å². The zero-order chi connectivity index (χ0) is 22.3. The molecule has 2 N–H and O–H groups in total. The first kappa shape index (κ1) is 21.1. The predicted octanol–water partition coefficient (Wildman–Crippen LogP) is 6.01. The maximum absolute atomic E-state index is 11.4. The minimum Gasteiger partial charge on any atom is -0.506 e. The fourth-order valence-electron chi connectivity index (χ4n) is 3.70. The van der Waals surface area contributed by atoms with Crippen molar-refractivity contribution in [3.63, 3.8) is 0 Å². The van der Waals surface area contributed by atoms with Crippen molar-refractivity contribution in [1.82, 2.24) is 4.98 Å². The van der Waals surface area contributed by atoms with Gasteiger partial charge in [-0.1, -0.05) is 66.7 Å². The molecular weight excluding hydrogens is 400 g/mol. The topological polar surface area (TPSA) is 71.5 Å². The van der Waals surface area contributed by atoms with Crippen LogP contribution in [0, 0.1) is 0 Å². The summed E-state index contributed by atoms with van der Waals surface area (Å²) in [5.74, 6) is 0.194. The van der Waals surface area contributed by atoms with E-state index in [0.29, 0.717) is 5.69 Å². The van der Waals surface area contributed by atoms with Gasteiger partial charge in [-0.05, 0) is 52.9 Å². The van der Waals surface area contributed by atoms with Crippen LogP contribution in [-0.4, -0.2) is 23.3 Å². The number of nitrogens with one attached hydrogen (secondary N) is 1. The molecule has 0 aliphatic heterocycles. The summed E-state index contributed by atoms with van der Waals surface area (Å²) >= 11 is 0. The Bertz CT molecular complexity index is 1170. The van der Waals surface area contributed by atoms with Gasteiger partial charge in [0.05, 0.1) is 13.3 Å². The Balaban J connectivity index is 1.66. The fraction of sp³-hybridized carbons (Fsp3) is 0.111. The smallest absolute Gasteiger partial charge is 0.411 e. The molecule has 160 valence electrons. The molecule has 0 spiro atoms. The fourth-order valence-corrected chi connectivity index (χ4v) is 3.70. The van der Waals surface area contributed by atoms with E-state index in [2.05, 4.69) is 45.4 Å². The lowest BCUT2D eigenvalue weighted by atomic mass is 9.87. The molecule has 0 bridgehead atoms. The van der Waals surface area contributed by atoms with Crippen LogP contribution < -0.4 is 5.32 Å². The number of methoxy groups -OCH3 is 1. The number of anilines is 1. The summed E-state index contributed by atoms with van der Waals surface area (Å²) in [5.41, 5.74) is 6.05. The summed E-state index contributed by atoms with van der Waals surface area (Å²) in [4.78, 5) is 15.9. The van der Waals surface area contributed by atoms with Crippen molar-refractivity contribution in [1.29, 1.82) is 0 Å². The van der Waals surface area contributed by atoms with Gasteiger partial charge in [-0.25, -0.2) is 4.79 Å². The van der Waals surface area contributed by atoms with E-state index in [0.717, 1.165) is 28.8 Å². The van der Waals surface area contributed by atoms with E-state index < -0.39 is 6.09 Å². The second kappa shape index (κ2) is 9.79. The maximum atomic E-state index is 11.4. The molecule has 32 heavy (non-hydrogen) atoms. The molecule has 5 nitrogen and oxygen atoms in total. The zero-order valence-corrected chi connectivity index (χ0v) is 17.7. The van der Waals surface area contributed by atoms with E-state index in [4.69, 9.17) is 0 Å². The van der Waals surface area contributed by atoms with Crippen LogP contribution in [0.25, 0.3) is 11.1 Å². The third-order valence-corrected chi connectivity index (χ3v) is 5.35. The largest absolute Gasteiger partial charge is 0.506 e. The Morgan fingerprint density at radius 2 is 1.72 bits per heavy atom. The van der Waals surface area contributed by atoms with Crippen molar-refractivity contribution >= 4 is 11.8 Å². The lowest BCUT2D eigenvalue weighted by Crippen LogP contribution is -2.10. The van der Waals surface area contributed by atoms with Gasteiger partial charge in [-0.15, -0.1) is 0 Å². The van der Waals surface area contributed by atoms with Gasteiger partial charge >= 0.3 is 6.09 Å². The van der Waals surface area contributed by atoms with Crippen molar-refractivity contribution in [2.45, 2.75) is 12.3 Å². The molecule has 1 unspecified atom stereocenters. The van der Waals surface area contributed by atoms with E-state index >= 15 is 0 Å². The number of aromatic hydroxyl groups is 1. The Morgan fingerprint density at radius 1 is 0.938 bits per heavy atom. The Kier molecular flexibility index (Phi) is 6.46.